The van der Waals surface area contributed by atoms with Gasteiger partial charge in [0.25, 0.3) is 0 Å². The zero-order valence-corrected chi connectivity index (χ0v) is 37.3. The second kappa shape index (κ2) is 16.5. The van der Waals surface area contributed by atoms with Crippen LogP contribution in [0.1, 0.15) is 0 Å². The lowest BCUT2D eigenvalue weighted by Gasteiger charge is -2.26. The summed E-state index contributed by atoms with van der Waals surface area (Å²) in [6.07, 6.45) is 0. The molecule has 0 atom stereocenters. The Morgan fingerprint density at radius 1 is 0.250 bits per heavy atom. The Labute approximate surface area is 395 Å². The first-order valence-corrected chi connectivity index (χ1v) is 23.4. The standard InChI is InChI=1S/C66H44N2/c1-3-13-45(14-4-1)46-23-25-47(26-24-46)48-27-35-55(36-28-48)67(57-39-31-51(32-40-57)64-43-53-16-8-9-19-58(53)60-21-11-12-22-61(60)64)56-37-29-49(30-38-56)52-34-41-62-63-42-33-50-15-7-10-20-59(50)66(63)68(65(62)44-52)54-17-5-2-6-18-54/h1-44H. The Kier molecular flexibility index (Phi) is 9.54. The predicted octanol–water partition coefficient (Wildman–Crippen LogP) is 18.4. The highest BCUT2D eigenvalue weighted by molar-refractivity contribution is 6.19. The maximum Gasteiger partial charge on any atom is 0.0619 e. The van der Waals surface area contributed by atoms with Gasteiger partial charge in [-0.2, -0.15) is 0 Å². The monoisotopic (exact) mass is 864 g/mol. The first-order chi connectivity index (χ1) is 33.7. The first-order valence-electron chi connectivity index (χ1n) is 23.4. The van der Waals surface area contributed by atoms with Crippen LogP contribution in [-0.4, -0.2) is 4.57 Å². The number of nitrogens with zero attached hydrogens (tertiary/aromatic N) is 2. The third-order valence-corrected chi connectivity index (χ3v) is 13.8. The summed E-state index contributed by atoms with van der Waals surface area (Å²) in [4.78, 5) is 2.37. The fourth-order valence-electron chi connectivity index (χ4n) is 10.4. The van der Waals surface area contributed by atoms with Crippen molar-refractivity contribution in [1.82, 2.24) is 4.57 Å². The minimum atomic E-state index is 1.09. The van der Waals surface area contributed by atoms with E-state index in [1.165, 1.54) is 93.1 Å². The van der Waals surface area contributed by atoms with Crippen LogP contribution >= 0.6 is 0 Å². The van der Waals surface area contributed by atoms with Gasteiger partial charge < -0.3 is 9.47 Å². The molecule has 2 nitrogen and oxygen atoms in total. The van der Waals surface area contributed by atoms with Crippen LogP contribution in [0.15, 0.2) is 267 Å². The van der Waals surface area contributed by atoms with Crippen molar-refractivity contribution in [3.8, 4) is 50.2 Å². The molecule has 0 aliphatic carbocycles. The van der Waals surface area contributed by atoms with E-state index in [1.807, 2.05) is 0 Å². The molecule has 2 heteroatoms. The molecule has 0 fully saturated rings. The Bertz CT molecular complexity index is 3960. The Hall–Kier alpha value is -8.98. The highest BCUT2D eigenvalue weighted by Gasteiger charge is 2.18. The van der Waals surface area contributed by atoms with E-state index in [9.17, 15) is 0 Å². The van der Waals surface area contributed by atoms with Crippen molar-refractivity contribution in [1.29, 1.82) is 0 Å². The average Bonchev–Trinajstić information content (AvgIpc) is 3.76. The predicted molar refractivity (Wildman–Crippen MR) is 290 cm³/mol. The lowest BCUT2D eigenvalue weighted by molar-refractivity contribution is 1.19. The lowest BCUT2D eigenvalue weighted by Crippen LogP contribution is -2.09. The Morgan fingerprint density at radius 3 is 1.32 bits per heavy atom. The van der Waals surface area contributed by atoms with E-state index in [4.69, 9.17) is 0 Å². The van der Waals surface area contributed by atoms with Gasteiger partial charge in [0.15, 0.2) is 0 Å². The van der Waals surface area contributed by atoms with Gasteiger partial charge in [-0.3, -0.25) is 0 Å². The topological polar surface area (TPSA) is 8.17 Å². The van der Waals surface area contributed by atoms with Gasteiger partial charge in [0.1, 0.15) is 0 Å². The van der Waals surface area contributed by atoms with E-state index in [0.717, 1.165) is 28.3 Å². The number of fused-ring (bicyclic) bond motifs is 8. The number of benzene rings is 12. The zero-order chi connectivity index (χ0) is 45.0. The molecule has 1 heterocycles. The number of rotatable bonds is 8. The van der Waals surface area contributed by atoms with E-state index in [1.54, 1.807) is 0 Å². The van der Waals surface area contributed by atoms with Crippen LogP contribution in [0.5, 0.6) is 0 Å². The van der Waals surface area contributed by atoms with Crippen molar-refractivity contribution in [3.05, 3.63) is 267 Å². The summed E-state index contributed by atoms with van der Waals surface area (Å²) in [6.45, 7) is 0. The normalized spacial score (nSPS) is 11.5. The van der Waals surface area contributed by atoms with E-state index < -0.39 is 0 Å². The van der Waals surface area contributed by atoms with E-state index in [0.29, 0.717) is 0 Å². The van der Waals surface area contributed by atoms with Crippen molar-refractivity contribution in [2.45, 2.75) is 0 Å². The molecule has 13 rings (SSSR count). The molecule has 0 spiro atoms. The van der Waals surface area contributed by atoms with Crippen molar-refractivity contribution in [3.63, 3.8) is 0 Å². The molecule has 0 radical (unpaired) electrons. The van der Waals surface area contributed by atoms with Crippen LogP contribution in [0.4, 0.5) is 17.1 Å². The van der Waals surface area contributed by atoms with E-state index in [2.05, 4.69) is 276 Å². The number of hydrogen-bond donors (Lipinski definition) is 0. The van der Waals surface area contributed by atoms with Gasteiger partial charge in [0, 0.05) is 38.9 Å². The molecular weight excluding hydrogens is 821 g/mol. The third-order valence-electron chi connectivity index (χ3n) is 13.8. The second-order valence-corrected chi connectivity index (χ2v) is 17.7. The van der Waals surface area contributed by atoms with Gasteiger partial charge in [0.05, 0.1) is 11.0 Å². The number of para-hydroxylation sites is 1. The number of anilines is 3. The fourth-order valence-corrected chi connectivity index (χ4v) is 10.4. The molecule has 0 aliphatic rings. The average molecular weight is 865 g/mol. The maximum atomic E-state index is 2.44. The molecule has 12 aromatic carbocycles. The molecule has 0 saturated carbocycles. The van der Waals surface area contributed by atoms with Crippen molar-refractivity contribution in [2.24, 2.45) is 0 Å². The van der Waals surface area contributed by atoms with Crippen LogP contribution in [0.2, 0.25) is 0 Å². The van der Waals surface area contributed by atoms with Gasteiger partial charge in [-0.05, 0) is 132 Å². The summed E-state index contributed by atoms with van der Waals surface area (Å²) in [5, 5.41) is 10.1. The van der Waals surface area contributed by atoms with Gasteiger partial charge in [-0.1, -0.05) is 206 Å². The summed E-state index contributed by atoms with van der Waals surface area (Å²) in [6, 6.07) is 97.4. The number of hydrogen-bond acceptors (Lipinski definition) is 1. The molecule has 0 amide bonds. The van der Waals surface area contributed by atoms with Crippen LogP contribution in [0, 0.1) is 0 Å². The van der Waals surface area contributed by atoms with Crippen molar-refractivity contribution in [2.75, 3.05) is 4.90 Å². The van der Waals surface area contributed by atoms with Crippen LogP contribution < -0.4 is 4.90 Å². The summed E-state index contributed by atoms with van der Waals surface area (Å²) < 4.78 is 2.44. The van der Waals surface area contributed by atoms with Crippen LogP contribution in [0.25, 0.3) is 104 Å². The molecule has 13 aromatic rings. The highest BCUT2D eigenvalue weighted by atomic mass is 15.1. The highest BCUT2D eigenvalue weighted by Crippen LogP contribution is 2.42. The van der Waals surface area contributed by atoms with Crippen molar-refractivity contribution >= 4 is 71.2 Å². The Morgan fingerprint density at radius 2 is 0.691 bits per heavy atom. The molecule has 0 aliphatic heterocycles. The minimum absolute atomic E-state index is 1.09. The molecule has 1 aromatic heterocycles. The first kappa shape index (κ1) is 39.4. The van der Waals surface area contributed by atoms with Crippen LogP contribution in [0.3, 0.4) is 0 Å². The molecule has 68 heavy (non-hydrogen) atoms. The summed E-state index contributed by atoms with van der Waals surface area (Å²) in [5.74, 6) is 0. The van der Waals surface area contributed by atoms with Crippen molar-refractivity contribution < 1.29 is 0 Å². The van der Waals surface area contributed by atoms with Gasteiger partial charge in [0.2, 0.25) is 0 Å². The largest absolute Gasteiger partial charge is 0.311 e. The molecule has 0 saturated heterocycles. The maximum absolute atomic E-state index is 2.44. The smallest absolute Gasteiger partial charge is 0.0619 e. The Balaban J connectivity index is 0.898. The fraction of sp³-hybridized carbons (Fsp3) is 0. The summed E-state index contributed by atoms with van der Waals surface area (Å²) in [7, 11) is 0. The molecule has 0 bridgehead atoms. The summed E-state index contributed by atoms with van der Waals surface area (Å²) in [5.41, 5.74) is 16.4. The minimum Gasteiger partial charge on any atom is -0.311 e. The summed E-state index contributed by atoms with van der Waals surface area (Å²) >= 11 is 0. The molecule has 318 valence electrons. The van der Waals surface area contributed by atoms with E-state index in [-0.39, 0.29) is 0 Å². The second-order valence-electron chi connectivity index (χ2n) is 17.7. The quantitative estimate of drug-likeness (QED) is 0.138. The van der Waals surface area contributed by atoms with Gasteiger partial charge in [-0.25, -0.2) is 0 Å². The SMILES string of the molecule is c1ccc(-c2ccc(-c3ccc(N(c4ccc(-c5ccc6c7ccc8ccccc8c7n(-c7ccccc7)c6c5)cc4)c4ccc(-c5cc6ccccc6c6ccccc56)cc4)cc3)cc2)cc1. The molecule has 0 unspecified atom stereocenters. The van der Waals surface area contributed by atoms with Crippen LogP contribution in [-0.2, 0) is 0 Å². The van der Waals surface area contributed by atoms with Gasteiger partial charge >= 0.3 is 0 Å². The van der Waals surface area contributed by atoms with E-state index >= 15 is 0 Å². The van der Waals surface area contributed by atoms with Gasteiger partial charge in [-0.15, -0.1) is 0 Å². The zero-order valence-electron chi connectivity index (χ0n) is 37.3. The molecular formula is C66H44N2. The lowest BCUT2D eigenvalue weighted by atomic mass is 9.93. The number of aromatic nitrogens is 1. The molecule has 0 N–H and O–H groups in total. The third kappa shape index (κ3) is 6.82.